The van der Waals surface area contributed by atoms with Crippen LogP contribution in [0.5, 0.6) is 11.5 Å². The summed E-state index contributed by atoms with van der Waals surface area (Å²) in [5, 5.41) is 3.91. The van der Waals surface area contributed by atoms with E-state index in [1.807, 2.05) is 51.1 Å². The molecular formula is C21H22N2O5. The predicted octanol–water partition coefficient (Wildman–Crippen LogP) is 3.79. The Morgan fingerprint density at radius 1 is 1.11 bits per heavy atom. The van der Waals surface area contributed by atoms with E-state index < -0.39 is 5.97 Å². The molecule has 7 heteroatoms. The van der Waals surface area contributed by atoms with Crippen LogP contribution in [0.3, 0.4) is 0 Å². The van der Waals surface area contributed by atoms with E-state index >= 15 is 0 Å². The molecule has 0 N–H and O–H groups in total. The van der Waals surface area contributed by atoms with E-state index in [1.54, 1.807) is 13.2 Å². The molecule has 0 unspecified atom stereocenters. The molecule has 28 heavy (non-hydrogen) atoms. The number of nitrogens with zero attached hydrogens (tertiary/aromatic N) is 2. The fraction of sp³-hybridized carbons (Fsp3) is 0.286. The van der Waals surface area contributed by atoms with E-state index in [-0.39, 0.29) is 19.1 Å². The molecule has 0 fully saturated rings. The van der Waals surface area contributed by atoms with Gasteiger partial charge in [-0.3, -0.25) is 0 Å². The van der Waals surface area contributed by atoms with Crippen LogP contribution < -0.4 is 9.47 Å². The average molecular weight is 382 g/mol. The number of aromatic nitrogens is 2. The van der Waals surface area contributed by atoms with Crippen molar-refractivity contribution in [3.8, 4) is 22.9 Å². The minimum Gasteiger partial charge on any atom is -0.496 e. The highest BCUT2D eigenvalue weighted by atomic mass is 16.6. The van der Waals surface area contributed by atoms with Gasteiger partial charge in [-0.25, -0.2) is 4.79 Å². The fourth-order valence-corrected chi connectivity index (χ4v) is 2.96. The zero-order valence-corrected chi connectivity index (χ0v) is 16.3. The number of hydrogen-bond acceptors (Lipinski definition) is 7. The molecule has 0 aliphatic carbocycles. The van der Waals surface area contributed by atoms with Gasteiger partial charge in [-0.05, 0) is 44.0 Å². The highest BCUT2D eigenvalue weighted by molar-refractivity contribution is 5.71. The topological polar surface area (TPSA) is 83.7 Å². The van der Waals surface area contributed by atoms with Crippen LogP contribution >= 0.6 is 0 Å². The Kier molecular flexibility index (Phi) is 5.93. The molecule has 0 aliphatic heterocycles. The predicted molar refractivity (Wildman–Crippen MR) is 102 cm³/mol. The van der Waals surface area contributed by atoms with E-state index in [4.69, 9.17) is 18.7 Å². The molecule has 146 valence electrons. The van der Waals surface area contributed by atoms with Crippen molar-refractivity contribution in [3.05, 3.63) is 59.0 Å². The van der Waals surface area contributed by atoms with E-state index in [1.165, 1.54) is 0 Å². The minimum absolute atomic E-state index is 0.129. The first kappa shape index (κ1) is 19.4. The Morgan fingerprint density at radius 3 is 2.54 bits per heavy atom. The fourth-order valence-electron chi connectivity index (χ4n) is 2.96. The quantitative estimate of drug-likeness (QED) is 0.575. The molecule has 0 saturated heterocycles. The lowest BCUT2D eigenvalue weighted by Crippen LogP contribution is -2.15. The molecule has 1 aromatic heterocycles. The number of esters is 1. The van der Waals surface area contributed by atoms with Gasteiger partial charge in [-0.1, -0.05) is 35.0 Å². The Morgan fingerprint density at radius 2 is 1.82 bits per heavy atom. The Bertz CT molecular complexity index is 957. The first-order valence-corrected chi connectivity index (χ1v) is 8.80. The standard InChI is InChI=1S/C21H22N2O5/c1-13-9-14(2)20(15(3)10-13)27-12-19(24)26-11-18-22-21(23-28-18)16-7-5-6-8-17(16)25-4/h5-10H,11-12H2,1-4H3. The van der Waals surface area contributed by atoms with Crippen molar-refractivity contribution < 1.29 is 23.5 Å². The van der Waals surface area contributed by atoms with E-state index in [2.05, 4.69) is 10.1 Å². The Labute approximate surface area is 163 Å². The summed E-state index contributed by atoms with van der Waals surface area (Å²) in [5.74, 6) is 1.36. The van der Waals surface area contributed by atoms with Gasteiger partial charge in [0, 0.05) is 0 Å². The van der Waals surface area contributed by atoms with Crippen LogP contribution in [0, 0.1) is 20.8 Å². The molecule has 0 amide bonds. The van der Waals surface area contributed by atoms with Crippen LogP contribution in [-0.4, -0.2) is 29.8 Å². The summed E-state index contributed by atoms with van der Waals surface area (Å²) in [7, 11) is 1.57. The SMILES string of the molecule is COc1ccccc1-c1noc(COC(=O)COc2c(C)cc(C)cc2C)n1. The summed E-state index contributed by atoms with van der Waals surface area (Å²) >= 11 is 0. The molecule has 3 aromatic rings. The summed E-state index contributed by atoms with van der Waals surface area (Å²) in [6.07, 6.45) is 0. The summed E-state index contributed by atoms with van der Waals surface area (Å²) in [6, 6.07) is 11.3. The second-order valence-corrected chi connectivity index (χ2v) is 6.39. The van der Waals surface area contributed by atoms with Crippen molar-refractivity contribution >= 4 is 5.97 Å². The number of benzene rings is 2. The third-order valence-electron chi connectivity index (χ3n) is 4.11. The van der Waals surface area contributed by atoms with Crippen molar-refractivity contribution in [2.45, 2.75) is 27.4 Å². The van der Waals surface area contributed by atoms with Crippen LogP contribution in [0.2, 0.25) is 0 Å². The smallest absolute Gasteiger partial charge is 0.344 e. The van der Waals surface area contributed by atoms with Gasteiger partial charge < -0.3 is 18.7 Å². The third-order valence-corrected chi connectivity index (χ3v) is 4.11. The van der Waals surface area contributed by atoms with Gasteiger partial charge in [-0.15, -0.1) is 0 Å². The van der Waals surface area contributed by atoms with Crippen LogP contribution in [0.4, 0.5) is 0 Å². The first-order chi connectivity index (χ1) is 13.5. The second kappa shape index (κ2) is 8.56. The molecule has 0 radical (unpaired) electrons. The number of rotatable bonds is 7. The molecule has 0 atom stereocenters. The Hall–Kier alpha value is -3.35. The summed E-state index contributed by atoms with van der Waals surface area (Å²) in [6.45, 7) is 5.58. The van der Waals surface area contributed by atoms with E-state index in [0.29, 0.717) is 22.9 Å². The maximum Gasteiger partial charge on any atom is 0.344 e. The van der Waals surface area contributed by atoms with Crippen molar-refractivity contribution in [1.82, 2.24) is 10.1 Å². The molecule has 0 bridgehead atoms. The summed E-state index contributed by atoms with van der Waals surface area (Å²) in [4.78, 5) is 16.2. The van der Waals surface area contributed by atoms with Gasteiger partial charge in [0.15, 0.2) is 13.2 Å². The molecular weight excluding hydrogens is 360 g/mol. The van der Waals surface area contributed by atoms with Crippen molar-refractivity contribution in [2.24, 2.45) is 0 Å². The largest absolute Gasteiger partial charge is 0.496 e. The number of carbonyl (C=O) groups excluding carboxylic acids is 1. The number of aryl methyl sites for hydroxylation is 3. The number of para-hydroxylation sites is 1. The van der Waals surface area contributed by atoms with Crippen LogP contribution in [0.15, 0.2) is 40.9 Å². The van der Waals surface area contributed by atoms with Gasteiger partial charge in [0.25, 0.3) is 5.89 Å². The zero-order valence-electron chi connectivity index (χ0n) is 16.3. The molecule has 0 aliphatic rings. The third kappa shape index (κ3) is 4.49. The van der Waals surface area contributed by atoms with Crippen molar-refractivity contribution in [1.29, 1.82) is 0 Å². The number of hydrogen-bond donors (Lipinski definition) is 0. The summed E-state index contributed by atoms with van der Waals surface area (Å²) < 4.78 is 21.2. The highest BCUT2D eigenvalue weighted by Gasteiger charge is 2.15. The molecule has 1 heterocycles. The zero-order chi connectivity index (χ0) is 20.1. The Balaban J connectivity index is 1.56. The molecule has 7 nitrogen and oxygen atoms in total. The minimum atomic E-state index is -0.517. The normalized spacial score (nSPS) is 10.6. The van der Waals surface area contributed by atoms with Gasteiger partial charge >= 0.3 is 5.97 Å². The first-order valence-electron chi connectivity index (χ1n) is 8.80. The van der Waals surface area contributed by atoms with Gasteiger partial charge in [0.1, 0.15) is 11.5 Å². The highest BCUT2D eigenvalue weighted by Crippen LogP contribution is 2.27. The van der Waals surface area contributed by atoms with Crippen molar-refractivity contribution in [2.75, 3.05) is 13.7 Å². The van der Waals surface area contributed by atoms with Crippen LogP contribution in [0.25, 0.3) is 11.4 Å². The summed E-state index contributed by atoms with van der Waals surface area (Å²) in [5.41, 5.74) is 3.79. The molecule has 0 spiro atoms. The monoisotopic (exact) mass is 382 g/mol. The average Bonchev–Trinajstić information content (AvgIpc) is 3.14. The molecule has 2 aromatic carbocycles. The van der Waals surface area contributed by atoms with Crippen LogP contribution in [0.1, 0.15) is 22.6 Å². The number of ether oxygens (including phenoxy) is 3. The van der Waals surface area contributed by atoms with Crippen LogP contribution in [-0.2, 0) is 16.1 Å². The van der Waals surface area contributed by atoms with Gasteiger partial charge in [-0.2, -0.15) is 4.98 Å². The number of methoxy groups -OCH3 is 1. The molecule has 0 saturated carbocycles. The number of carbonyl (C=O) groups is 1. The lowest BCUT2D eigenvalue weighted by atomic mass is 10.1. The van der Waals surface area contributed by atoms with E-state index in [0.717, 1.165) is 16.7 Å². The second-order valence-electron chi connectivity index (χ2n) is 6.39. The van der Waals surface area contributed by atoms with Gasteiger partial charge in [0.2, 0.25) is 5.82 Å². The van der Waals surface area contributed by atoms with E-state index in [9.17, 15) is 4.79 Å². The maximum absolute atomic E-state index is 12.0. The van der Waals surface area contributed by atoms with Crippen molar-refractivity contribution in [3.63, 3.8) is 0 Å². The lowest BCUT2D eigenvalue weighted by Gasteiger charge is -2.12. The van der Waals surface area contributed by atoms with Gasteiger partial charge in [0.05, 0.1) is 12.7 Å². The lowest BCUT2D eigenvalue weighted by molar-refractivity contribution is -0.148. The maximum atomic E-state index is 12.0. The molecule has 3 rings (SSSR count).